The minimum atomic E-state index is -3.85. The van der Waals surface area contributed by atoms with Crippen molar-refractivity contribution in [1.29, 1.82) is 0 Å². The first-order valence-corrected chi connectivity index (χ1v) is 10.9. The van der Waals surface area contributed by atoms with Crippen molar-refractivity contribution in [2.24, 2.45) is 10.1 Å². The van der Waals surface area contributed by atoms with Gasteiger partial charge in [0.15, 0.2) is 0 Å². The van der Waals surface area contributed by atoms with Crippen LogP contribution in [0.5, 0.6) is 5.75 Å². The molecule has 0 amide bonds. The van der Waals surface area contributed by atoms with E-state index in [1.165, 1.54) is 4.90 Å². The van der Waals surface area contributed by atoms with Gasteiger partial charge in [-0.3, -0.25) is 0 Å². The number of nitrogens with two attached hydrogens (primary N) is 1. The topological polar surface area (TPSA) is 97.0 Å². The number of methoxy groups -OCH3 is 1. The summed E-state index contributed by atoms with van der Waals surface area (Å²) < 4.78 is 33.7. The lowest BCUT2D eigenvalue weighted by Gasteiger charge is -2.15. The van der Waals surface area contributed by atoms with Gasteiger partial charge >= 0.3 is 0 Å². The minimum Gasteiger partial charge on any atom is -0.496 e. The van der Waals surface area contributed by atoms with E-state index in [9.17, 15) is 8.42 Å². The molecule has 1 rings (SSSR count). The lowest BCUT2D eigenvalue weighted by molar-refractivity contribution is 0.410. The van der Waals surface area contributed by atoms with E-state index < -0.39 is 10.0 Å². The second-order valence-corrected chi connectivity index (χ2v) is 8.06. The van der Waals surface area contributed by atoms with Crippen LogP contribution in [0.15, 0.2) is 15.4 Å². The maximum Gasteiger partial charge on any atom is 0.286 e. The van der Waals surface area contributed by atoms with Crippen LogP contribution in [-0.4, -0.2) is 67.1 Å². The molecule has 0 bridgehead atoms. The van der Waals surface area contributed by atoms with Gasteiger partial charge in [0.05, 0.1) is 12.0 Å². The number of nitrogens with zero attached hydrogens (tertiary/aromatic N) is 2. The SMILES string of the molecule is CNC.COc1cc(C)c(S(=O)(=O)N=C(N)N(C)C)c(C)c1C.CSC. The lowest BCUT2D eigenvalue weighted by atomic mass is 10.1. The highest BCUT2D eigenvalue weighted by atomic mass is 32.2. The highest BCUT2D eigenvalue weighted by Gasteiger charge is 2.23. The van der Waals surface area contributed by atoms with Crippen LogP contribution in [0.25, 0.3) is 0 Å². The highest BCUT2D eigenvalue weighted by molar-refractivity contribution is 7.97. The second kappa shape index (κ2) is 12.8. The molecule has 1 aromatic rings. The van der Waals surface area contributed by atoms with Crippen molar-refractivity contribution in [3.05, 3.63) is 22.8 Å². The molecule has 0 heterocycles. The fraction of sp³-hybridized carbons (Fsp3) is 0.588. The van der Waals surface area contributed by atoms with Crippen LogP contribution in [-0.2, 0) is 10.0 Å². The molecule has 0 aliphatic carbocycles. The van der Waals surface area contributed by atoms with Gasteiger partial charge in [-0.15, -0.1) is 4.40 Å². The average molecular weight is 407 g/mol. The molecule has 0 atom stereocenters. The van der Waals surface area contributed by atoms with E-state index >= 15 is 0 Å². The number of hydrogen-bond donors (Lipinski definition) is 2. The second-order valence-electron chi connectivity index (χ2n) is 5.70. The molecule has 0 spiro atoms. The summed E-state index contributed by atoms with van der Waals surface area (Å²) in [6.07, 6.45) is 4.08. The number of benzene rings is 1. The summed E-state index contributed by atoms with van der Waals surface area (Å²) in [5, 5.41) is 2.75. The predicted octanol–water partition coefficient (Wildman–Crippen LogP) is 2.00. The van der Waals surface area contributed by atoms with Gasteiger partial charge in [-0.05, 0) is 70.1 Å². The number of thioether (sulfide) groups is 1. The molecule has 7 nitrogen and oxygen atoms in total. The summed E-state index contributed by atoms with van der Waals surface area (Å²) >= 11 is 1.75. The molecule has 0 unspecified atom stereocenters. The maximum absolute atomic E-state index is 12.4. The molecule has 0 saturated carbocycles. The first kappa shape index (κ1) is 26.8. The molecule has 0 aromatic heterocycles. The zero-order valence-corrected chi connectivity index (χ0v) is 19.2. The summed E-state index contributed by atoms with van der Waals surface area (Å²) in [5.41, 5.74) is 7.59. The average Bonchev–Trinajstić information content (AvgIpc) is 2.51. The van der Waals surface area contributed by atoms with Crippen molar-refractivity contribution in [2.75, 3.05) is 47.8 Å². The van der Waals surface area contributed by atoms with Crippen LogP contribution in [0.4, 0.5) is 0 Å². The highest BCUT2D eigenvalue weighted by Crippen LogP contribution is 2.31. The Labute approximate surface area is 163 Å². The molecule has 152 valence electrons. The number of ether oxygens (including phenoxy) is 1. The fourth-order valence-electron chi connectivity index (χ4n) is 1.88. The maximum atomic E-state index is 12.4. The smallest absolute Gasteiger partial charge is 0.286 e. The lowest BCUT2D eigenvalue weighted by Crippen LogP contribution is -2.31. The van der Waals surface area contributed by atoms with Gasteiger partial charge < -0.3 is 20.7 Å². The molecule has 0 fully saturated rings. The fourth-order valence-corrected chi connectivity index (χ4v) is 3.39. The Balaban J connectivity index is 0. The number of hydrogen-bond acceptors (Lipinski definition) is 5. The Hall–Kier alpha value is -1.45. The van der Waals surface area contributed by atoms with Crippen molar-refractivity contribution in [3.63, 3.8) is 0 Å². The van der Waals surface area contributed by atoms with Crippen LogP contribution < -0.4 is 15.8 Å². The van der Waals surface area contributed by atoms with Crippen molar-refractivity contribution in [1.82, 2.24) is 10.2 Å². The summed E-state index contributed by atoms with van der Waals surface area (Å²) in [6, 6.07) is 1.69. The standard InChI is InChI=1S/C13H21N3O3S.C2H7N.C2H6S/c1-8-7-11(19-6)9(2)10(3)12(8)20(17,18)15-13(14)16(4)5;2*1-3-2/h7H,1-6H3,(H2,14,15);3H,1-2H3;1-2H3. The summed E-state index contributed by atoms with van der Waals surface area (Å²) in [6.45, 7) is 5.26. The molecule has 9 heteroatoms. The van der Waals surface area contributed by atoms with E-state index in [-0.39, 0.29) is 10.9 Å². The van der Waals surface area contributed by atoms with E-state index in [2.05, 4.69) is 9.71 Å². The number of sulfonamides is 1. The summed E-state index contributed by atoms with van der Waals surface area (Å²) in [4.78, 5) is 1.62. The van der Waals surface area contributed by atoms with Crippen LogP contribution >= 0.6 is 11.8 Å². The van der Waals surface area contributed by atoms with E-state index in [1.54, 1.807) is 52.9 Å². The molecular weight excluding hydrogens is 372 g/mol. The monoisotopic (exact) mass is 406 g/mol. The minimum absolute atomic E-state index is 0.0581. The summed E-state index contributed by atoms with van der Waals surface area (Å²) in [7, 11) is 4.72. The number of aryl methyl sites for hydroxylation is 1. The van der Waals surface area contributed by atoms with Crippen molar-refractivity contribution in [3.8, 4) is 5.75 Å². The molecule has 1 aromatic carbocycles. The Morgan fingerprint density at radius 2 is 1.62 bits per heavy atom. The van der Waals surface area contributed by atoms with E-state index in [1.807, 2.05) is 33.5 Å². The Morgan fingerprint density at radius 1 is 1.19 bits per heavy atom. The number of nitrogens with one attached hydrogen (secondary N) is 1. The molecule has 0 aliphatic heterocycles. The third-order valence-electron chi connectivity index (χ3n) is 3.13. The van der Waals surface area contributed by atoms with Gasteiger partial charge in [0.2, 0.25) is 5.96 Å². The van der Waals surface area contributed by atoms with Gasteiger partial charge in [-0.25, -0.2) is 0 Å². The largest absolute Gasteiger partial charge is 0.496 e. The third kappa shape index (κ3) is 8.29. The van der Waals surface area contributed by atoms with E-state index in [0.717, 1.165) is 5.56 Å². The van der Waals surface area contributed by atoms with Gasteiger partial charge in [0.25, 0.3) is 10.0 Å². The molecule has 0 radical (unpaired) electrons. The van der Waals surface area contributed by atoms with Crippen molar-refractivity contribution < 1.29 is 13.2 Å². The van der Waals surface area contributed by atoms with Crippen molar-refractivity contribution in [2.45, 2.75) is 25.7 Å². The Bertz CT molecular complexity index is 686. The van der Waals surface area contributed by atoms with Crippen molar-refractivity contribution >= 4 is 27.7 Å². The number of guanidine groups is 1. The first-order valence-electron chi connectivity index (χ1n) is 7.86. The van der Waals surface area contributed by atoms with Crippen LogP contribution in [0.3, 0.4) is 0 Å². The Morgan fingerprint density at radius 3 is 1.96 bits per heavy atom. The first-order chi connectivity index (χ1) is 11.9. The summed E-state index contributed by atoms with van der Waals surface area (Å²) in [5.74, 6) is 0.598. The number of rotatable bonds is 3. The predicted molar refractivity (Wildman–Crippen MR) is 114 cm³/mol. The molecular formula is C17H34N4O3S2. The van der Waals surface area contributed by atoms with Gasteiger partial charge in [0.1, 0.15) is 5.75 Å². The van der Waals surface area contributed by atoms with Gasteiger partial charge in [-0.2, -0.15) is 20.2 Å². The molecule has 26 heavy (non-hydrogen) atoms. The molecule has 3 N–H and O–H groups in total. The Kier molecular flexibility index (Phi) is 13.2. The van der Waals surface area contributed by atoms with E-state index in [0.29, 0.717) is 16.9 Å². The van der Waals surface area contributed by atoms with Gasteiger partial charge in [-0.1, -0.05) is 0 Å². The van der Waals surface area contributed by atoms with Crippen LogP contribution in [0, 0.1) is 20.8 Å². The zero-order chi connectivity index (χ0) is 21.1. The van der Waals surface area contributed by atoms with Crippen LogP contribution in [0.2, 0.25) is 0 Å². The van der Waals surface area contributed by atoms with E-state index in [4.69, 9.17) is 10.5 Å². The van der Waals surface area contributed by atoms with Crippen LogP contribution in [0.1, 0.15) is 16.7 Å². The molecule has 0 aliphatic rings. The normalized spacial score (nSPS) is 10.9. The third-order valence-corrected chi connectivity index (χ3v) is 4.70. The zero-order valence-electron chi connectivity index (χ0n) is 17.6. The molecule has 0 saturated heterocycles. The van der Waals surface area contributed by atoms with Gasteiger partial charge in [0, 0.05) is 14.1 Å². The quantitative estimate of drug-likeness (QED) is 0.585.